The van der Waals surface area contributed by atoms with Crippen LogP contribution in [0.4, 0.5) is 0 Å². The van der Waals surface area contributed by atoms with Crippen molar-refractivity contribution in [3.8, 4) is 6.07 Å². The lowest BCUT2D eigenvalue weighted by Gasteiger charge is -1.95. The Balaban J connectivity index is 2.57. The van der Waals surface area contributed by atoms with Crippen molar-refractivity contribution in [3.05, 3.63) is 42.1 Å². The van der Waals surface area contributed by atoms with Crippen molar-refractivity contribution in [2.24, 2.45) is 7.05 Å². The van der Waals surface area contributed by atoms with Gasteiger partial charge in [-0.3, -0.25) is 0 Å². The number of aromatic nitrogens is 2. The predicted octanol–water partition coefficient (Wildman–Crippen LogP) is 2.60. The molecule has 3 rings (SSSR count). The number of rotatable bonds is 0. The lowest BCUT2D eigenvalue weighted by atomic mass is 10.2. The lowest BCUT2D eigenvalue weighted by molar-refractivity contribution is 0.987. The highest BCUT2D eigenvalue weighted by Crippen LogP contribution is 2.26. The van der Waals surface area contributed by atoms with E-state index in [1.807, 2.05) is 29.8 Å². The van der Waals surface area contributed by atoms with E-state index < -0.39 is 0 Å². The molecule has 0 aliphatic carbocycles. The third kappa shape index (κ3) is 1.04. The zero-order valence-corrected chi connectivity index (χ0v) is 8.81. The fourth-order valence-corrected chi connectivity index (χ4v) is 2.08. The third-order valence-corrected chi connectivity index (χ3v) is 2.86. The molecule has 76 valence electrons. The summed E-state index contributed by atoms with van der Waals surface area (Å²) in [6, 6.07) is 13.9. The number of aryl methyl sites for hydroxylation is 1. The van der Waals surface area contributed by atoms with Crippen LogP contribution in [0, 0.1) is 11.3 Å². The Bertz CT molecular complexity index is 732. The van der Waals surface area contributed by atoms with Crippen LogP contribution in [0.5, 0.6) is 0 Å². The van der Waals surface area contributed by atoms with Crippen molar-refractivity contribution in [1.82, 2.24) is 9.55 Å². The fourth-order valence-electron chi connectivity index (χ4n) is 2.08. The molecule has 0 aliphatic heterocycles. The van der Waals surface area contributed by atoms with Gasteiger partial charge in [-0.25, -0.2) is 4.98 Å². The van der Waals surface area contributed by atoms with E-state index in [0.717, 1.165) is 16.6 Å². The molecule has 0 saturated heterocycles. The van der Waals surface area contributed by atoms with Crippen LogP contribution in [0.15, 0.2) is 36.4 Å². The molecule has 0 amide bonds. The number of nitrogens with zero attached hydrogens (tertiary/aromatic N) is 3. The van der Waals surface area contributed by atoms with E-state index in [0.29, 0.717) is 5.69 Å². The first-order chi connectivity index (χ1) is 7.81. The van der Waals surface area contributed by atoms with Crippen LogP contribution in [0.25, 0.3) is 21.9 Å². The van der Waals surface area contributed by atoms with E-state index in [9.17, 15) is 0 Å². The molecule has 0 bridgehead atoms. The highest BCUT2D eigenvalue weighted by atomic mass is 15.0. The molecule has 2 aromatic heterocycles. The molecule has 3 heteroatoms. The number of benzene rings is 1. The van der Waals surface area contributed by atoms with E-state index in [-0.39, 0.29) is 0 Å². The van der Waals surface area contributed by atoms with E-state index in [2.05, 4.69) is 23.2 Å². The molecule has 0 atom stereocenters. The Morgan fingerprint density at radius 2 is 1.94 bits per heavy atom. The largest absolute Gasteiger partial charge is 0.328 e. The van der Waals surface area contributed by atoms with Crippen LogP contribution in [0.1, 0.15) is 5.69 Å². The zero-order valence-electron chi connectivity index (χ0n) is 8.81. The summed E-state index contributed by atoms with van der Waals surface area (Å²) in [5.41, 5.74) is 2.46. The van der Waals surface area contributed by atoms with Crippen molar-refractivity contribution >= 4 is 21.9 Å². The Labute approximate surface area is 92.6 Å². The van der Waals surface area contributed by atoms with Gasteiger partial charge in [0.25, 0.3) is 0 Å². The summed E-state index contributed by atoms with van der Waals surface area (Å²) in [6.07, 6.45) is 0. The molecule has 0 spiro atoms. The van der Waals surface area contributed by atoms with Gasteiger partial charge < -0.3 is 4.57 Å². The Morgan fingerprint density at radius 3 is 2.75 bits per heavy atom. The lowest BCUT2D eigenvalue weighted by Crippen LogP contribution is -1.90. The van der Waals surface area contributed by atoms with Crippen LogP contribution in [-0.2, 0) is 7.05 Å². The summed E-state index contributed by atoms with van der Waals surface area (Å²) >= 11 is 0. The van der Waals surface area contributed by atoms with Gasteiger partial charge in [0.1, 0.15) is 17.4 Å². The number of fused-ring (bicyclic) bond motifs is 3. The summed E-state index contributed by atoms with van der Waals surface area (Å²) in [6.45, 7) is 0. The Hall–Kier alpha value is -2.34. The molecular formula is C13H9N3. The summed E-state index contributed by atoms with van der Waals surface area (Å²) in [5, 5.41) is 11.1. The second-order valence-corrected chi connectivity index (χ2v) is 3.76. The van der Waals surface area contributed by atoms with Gasteiger partial charge in [0, 0.05) is 17.8 Å². The van der Waals surface area contributed by atoms with Gasteiger partial charge in [-0.15, -0.1) is 0 Å². The first-order valence-corrected chi connectivity index (χ1v) is 5.05. The van der Waals surface area contributed by atoms with Crippen LogP contribution < -0.4 is 0 Å². The van der Waals surface area contributed by atoms with Crippen LogP contribution in [0.2, 0.25) is 0 Å². The fraction of sp³-hybridized carbons (Fsp3) is 0.0769. The third-order valence-electron chi connectivity index (χ3n) is 2.86. The zero-order chi connectivity index (χ0) is 11.1. The molecule has 0 aliphatic rings. The molecule has 3 aromatic rings. The molecule has 0 saturated carbocycles. The van der Waals surface area contributed by atoms with E-state index in [4.69, 9.17) is 5.26 Å². The van der Waals surface area contributed by atoms with Crippen molar-refractivity contribution in [3.63, 3.8) is 0 Å². The highest BCUT2D eigenvalue weighted by molar-refractivity contribution is 6.06. The minimum Gasteiger partial charge on any atom is -0.328 e. The maximum Gasteiger partial charge on any atom is 0.142 e. The number of pyridine rings is 1. The molecule has 1 aromatic carbocycles. The summed E-state index contributed by atoms with van der Waals surface area (Å²) in [7, 11) is 1.97. The van der Waals surface area contributed by atoms with Gasteiger partial charge in [-0.2, -0.15) is 5.26 Å². The molecule has 0 radical (unpaired) electrons. The van der Waals surface area contributed by atoms with Gasteiger partial charge in [0.05, 0.1) is 5.52 Å². The first kappa shape index (κ1) is 8.93. The molecule has 0 N–H and O–H groups in total. The molecular weight excluding hydrogens is 198 g/mol. The molecule has 3 nitrogen and oxygen atoms in total. The molecule has 2 heterocycles. The quantitative estimate of drug-likeness (QED) is 0.568. The van der Waals surface area contributed by atoms with Gasteiger partial charge in [0.15, 0.2) is 0 Å². The van der Waals surface area contributed by atoms with E-state index >= 15 is 0 Å². The maximum atomic E-state index is 8.84. The topological polar surface area (TPSA) is 41.6 Å². The monoisotopic (exact) mass is 207 g/mol. The van der Waals surface area contributed by atoms with Gasteiger partial charge >= 0.3 is 0 Å². The normalized spacial score (nSPS) is 10.8. The maximum absolute atomic E-state index is 8.84. The summed E-state index contributed by atoms with van der Waals surface area (Å²) in [4.78, 5) is 4.33. The average Bonchev–Trinajstić information content (AvgIpc) is 2.64. The van der Waals surface area contributed by atoms with Crippen molar-refractivity contribution in [2.75, 3.05) is 0 Å². The average molecular weight is 207 g/mol. The number of nitriles is 1. The van der Waals surface area contributed by atoms with Gasteiger partial charge in [-0.05, 0) is 18.2 Å². The van der Waals surface area contributed by atoms with Crippen molar-refractivity contribution < 1.29 is 0 Å². The number of para-hydroxylation sites is 1. The summed E-state index contributed by atoms with van der Waals surface area (Å²) in [5.74, 6) is 0. The smallest absolute Gasteiger partial charge is 0.142 e. The Morgan fingerprint density at radius 1 is 1.12 bits per heavy atom. The van der Waals surface area contributed by atoms with Gasteiger partial charge in [0.2, 0.25) is 0 Å². The number of hydrogen-bond donors (Lipinski definition) is 0. The molecule has 0 unspecified atom stereocenters. The van der Waals surface area contributed by atoms with E-state index in [1.54, 1.807) is 6.07 Å². The standard InChI is InChI=1S/C13H9N3/c1-16-12-5-3-2-4-10(12)11-7-6-9(8-14)15-13(11)16/h2-7H,1H3. The highest BCUT2D eigenvalue weighted by Gasteiger charge is 2.08. The molecule has 0 fully saturated rings. The van der Waals surface area contributed by atoms with Crippen LogP contribution >= 0.6 is 0 Å². The van der Waals surface area contributed by atoms with E-state index in [1.165, 1.54) is 5.39 Å². The SMILES string of the molecule is Cn1c2ccccc2c2ccc(C#N)nc21. The molecule has 16 heavy (non-hydrogen) atoms. The predicted molar refractivity (Wildman–Crippen MR) is 62.9 cm³/mol. The van der Waals surface area contributed by atoms with Crippen LogP contribution in [-0.4, -0.2) is 9.55 Å². The summed E-state index contributed by atoms with van der Waals surface area (Å²) < 4.78 is 2.02. The minimum absolute atomic E-state index is 0.457. The van der Waals surface area contributed by atoms with Crippen molar-refractivity contribution in [2.45, 2.75) is 0 Å². The first-order valence-electron chi connectivity index (χ1n) is 5.05. The number of hydrogen-bond acceptors (Lipinski definition) is 2. The minimum atomic E-state index is 0.457. The second kappa shape index (κ2) is 3.07. The second-order valence-electron chi connectivity index (χ2n) is 3.76. The van der Waals surface area contributed by atoms with Gasteiger partial charge in [-0.1, -0.05) is 18.2 Å². The van der Waals surface area contributed by atoms with Crippen molar-refractivity contribution in [1.29, 1.82) is 5.26 Å². The van der Waals surface area contributed by atoms with Crippen LogP contribution in [0.3, 0.4) is 0 Å². The Kier molecular flexibility index (Phi) is 1.72.